The van der Waals surface area contributed by atoms with Gasteiger partial charge in [0.15, 0.2) is 5.65 Å². The topological polar surface area (TPSA) is 93.2 Å². The molecule has 0 aliphatic carbocycles. The lowest BCUT2D eigenvalue weighted by atomic mass is 9.97. The maximum atomic E-state index is 13.7. The molecule has 29 heavy (non-hydrogen) atoms. The number of nitrogens with zero attached hydrogens (tertiary/aromatic N) is 6. The van der Waals surface area contributed by atoms with Gasteiger partial charge in [0.05, 0.1) is 5.52 Å². The van der Waals surface area contributed by atoms with Crippen LogP contribution in [0, 0.1) is 6.92 Å². The molecule has 4 rings (SSSR count). The number of hydrogen-bond donors (Lipinski definition) is 2. The van der Waals surface area contributed by atoms with Crippen LogP contribution < -0.4 is 5.32 Å². The van der Waals surface area contributed by atoms with E-state index in [4.69, 9.17) is 0 Å². The third kappa shape index (κ3) is 3.16. The molecule has 0 amide bonds. The highest BCUT2D eigenvalue weighted by molar-refractivity contribution is 5.92. The second-order valence-corrected chi connectivity index (χ2v) is 6.74. The minimum Gasteiger partial charge on any atom is -0.374 e. The summed E-state index contributed by atoms with van der Waals surface area (Å²) in [5.41, 5.74) is -1.93. The lowest BCUT2D eigenvalue weighted by molar-refractivity contribution is -0.271. The number of imidazole rings is 1. The number of aliphatic hydroxyl groups is 1. The number of benzene rings is 1. The summed E-state index contributed by atoms with van der Waals surface area (Å²) < 4.78 is 43.6. The van der Waals surface area contributed by atoms with Crippen LogP contribution in [0.25, 0.3) is 16.6 Å². The minimum atomic E-state index is -4.90. The van der Waals surface area contributed by atoms with Gasteiger partial charge in [0.25, 0.3) is 0 Å². The molecule has 1 aromatic carbocycles. The van der Waals surface area contributed by atoms with Gasteiger partial charge in [0, 0.05) is 37.8 Å². The molecule has 152 valence electrons. The Morgan fingerprint density at radius 3 is 2.62 bits per heavy atom. The Morgan fingerprint density at radius 1 is 1.17 bits per heavy atom. The van der Waals surface area contributed by atoms with E-state index in [1.54, 1.807) is 13.0 Å². The van der Waals surface area contributed by atoms with Crippen LogP contribution in [-0.2, 0) is 12.6 Å². The van der Waals surface area contributed by atoms with Crippen molar-refractivity contribution in [1.29, 1.82) is 0 Å². The fourth-order valence-electron chi connectivity index (χ4n) is 3.27. The van der Waals surface area contributed by atoms with Crippen LogP contribution in [0.3, 0.4) is 0 Å². The smallest absolute Gasteiger partial charge is 0.374 e. The zero-order valence-electron chi connectivity index (χ0n) is 15.6. The van der Waals surface area contributed by atoms with Crippen molar-refractivity contribution >= 4 is 22.5 Å². The maximum Gasteiger partial charge on any atom is 0.424 e. The van der Waals surface area contributed by atoms with Gasteiger partial charge >= 0.3 is 6.18 Å². The number of nitrogens with one attached hydrogen (secondary N) is 1. The van der Waals surface area contributed by atoms with Crippen molar-refractivity contribution in [2.24, 2.45) is 7.05 Å². The van der Waals surface area contributed by atoms with Crippen LogP contribution in [0.4, 0.5) is 19.1 Å². The standard InChI is InChI=1S/C18H18F3N7O/c1-11-24-14-12-5-3-4-6-13(12)25-16(28(14)26-11)23-8-7-17(29,18(19,20)21)15-22-9-10-27(15)2/h3-6,9-10,29H,7-8H2,1-2H3,(H,23,25). The van der Waals surface area contributed by atoms with E-state index in [0.29, 0.717) is 17.0 Å². The van der Waals surface area contributed by atoms with Gasteiger partial charge in [-0.25, -0.2) is 15.0 Å². The zero-order chi connectivity index (χ0) is 20.8. The molecule has 0 saturated heterocycles. The predicted molar refractivity (Wildman–Crippen MR) is 99.3 cm³/mol. The summed E-state index contributed by atoms with van der Waals surface area (Å²) in [6.07, 6.45) is -2.99. The maximum absolute atomic E-state index is 13.7. The molecular formula is C18H18F3N7O. The van der Waals surface area contributed by atoms with E-state index in [1.165, 1.54) is 24.0 Å². The highest BCUT2D eigenvalue weighted by Crippen LogP contribution is 2.40. The summed E-state index contributed by atoms with van der Waals surface area (Å²) in [6, 6.07) is 7.28. The molecule has 0 bridgehead atoms. The number of anilines is 1. The lowest BCUT2D eigenvalue weighted by Gasteiger charge is -2.30. The van der Waals surface area contributed by atoms with Crippen molar-refractivity contribution in [2.45, 2.75) is 25.1 Å². The number of hydrogen-bond acceptors (Lipinski definition) is 6. The van der Waals surface area contributed by atoms with Crippen molar-refractivity contribution in [1.82, 2.24) is 29.1 Å². The quantitative estimate of drug-likeness (QED) is 0.530. The molecule has 1 unspecified atom stereocenters. The normalized spacial score (nSPS) is 14.4. The molecule has 1 atom stereocenters. The molecule has 2 N–H and O–H groups in total. The van der Waals surface area contributed by atoms with Crippen LogP contribution in [0.1, 0.15) is 18.1 Å². The number of aryl methyl sites for hydroxylation is 2. The van der Waals surface area contributed by atoms with E-state index in [1.807, 2.05) is 18.2 Å². The number of para-hydroxylation sites is 1. The van der Waals surface area contributed by atoms with Crippen molar-refractivity contribution in [3.63, 3.8) is 0 Å². The van der Waals surface area contributed by atoms with E-state index in [2.05, 4.69) is 25.4 Å². The van der Waals surface area contributed by atoms with E-state index in [-0.39, 0.29) is 12.5 Å². The lowest BCUT2D eigenvalue weighted by Crippen LogP contribution is -2.45. The average molecular weight is 405 g/mol. The minimum absolute atomic E-state index is 0.220. The highest BCUT2D eigenvalue weighted by atomic mass is 19.4. The Balaban J connectivity index is 1.66. The van der Waals surface area contributed by atoms with E-state index >= 15 is 0 Å². The molecule has 3 aromatic heterocycles. The molecule has 4 aromatic rings. The van der Waals surface area contributed by atoms with Gasteiger partial charge in [-0.2, -0.15) is 17.7 Å². The summed E-state index contributed by atoms with van der Waals surface area (Å²) in [6.45, 7) is 1.50. The Labute approximate surface area is 163 Å². The predicted octanol–water partition coefficient (Wildman–Crippen LogP) is 2.57. The molecule has 0 spiro atoms. The highest BCUT2D eigenvalue weighted by Gasteiger charge is 2.57. The second kappa shape index (κ2) is 6.69. The summed E-state index contributed by atoms with van der Waals surface area (Å²) >= 11 is 0. The van der Waals surface area contributed by atoms with Gasteiger partial charge in [0.2, 0.25) is 11.5 Å². The second-order valence-electron chi connectivity index (χ2n) is 6.74. The molecule has 0 aliphatic rings. The van der Waals surface area contributed by atoms with Crippen molar-refractivity contribution < 1.29 is 18.3 Å². The first-order chi connectivity index (χ1) is 13.7. The first-order valence-corrected chi connectivity index (χ1v) is 8.83. The fraction of sp³-hybridized carbons (Fsp3) is 0.333. The Bertz CT molecular complexity index is 1180. The van der Waals surface area contributed by atoms with E-state index < -0.39 is 24.0 Å². The Hall–Kier alpha value is -3.21. The Morgan fingerprint density at radius 2 is 1.93 bits per heavy atom. The number of aromatic nitrogens is 6. The van der Waals surface area contributed by atoms with Gasteiger partial charge in [0.1, 0.15) is 11.6 Å². The first kappa shape index (κ1) is 19.1. The van der Waals surface area contributed by atoms with Crippen LogP contribution >= 0.6 is 0 Å². The SMILES string of the molecule is Cc1nc2c3ccccc3nc(NCCC(O)(c3nccn3C)C(F)(F)F)n2n1. The van der Waals surface area contributed by atoms with Crippen LogP contribution in [0.5, 0.6) is 0 Å². The van der Waals surface area contributed by atoms with Gasteiger partial charge in [-0.15, -0.1) is 5.10 Å². The number of rotatable bonds is 5. The third-order valence-corrected chi connectivity index (χ3v) is 4.71. The molecular weight excluding hydrogens is 387 g/mol. The van der Waals surface area contributed by atoms with Crippen LogP contribution in [-0.4, -0.2) is 47.0 Å². The van der Waals surface area contributed by atoms with Gasteiger partial charge in [-0.1, -0.05) is 12.1 Å². The number of halogens is 3. The molecule has 8 nitrogen and oxygen atoms in total. The molecule has 11 heteroatoms. The van der Waals surface area contributed by atoms with Gasteiger partial charge in [-0.3, -0.25) is 0 Å². The van der Waals surface area contributed by atoms with Crippen LogP contribution in [0.15, 0.2) is 36.7 Å². The van der Waals surface area contributed by atoms with E-state index in [9.17, 15) is 18.3 Å². The zero-order valence-corrected chi connectivity index (χ0v) is 15.6. The van der Waals surface area contributed by atoms with E-state index in [0.717, 1.165) is 9.95 Å². The first-order valence-electron chi connectivity index (χ1n) is 8.83. The summed E-state index contributed by atoms with van der Waals surface area (Å²) in [5.74, 6) is 0.273. The molecule has 3 heterocycles. The summed E-state index contributed by atoms with van der Waals surface area (Å²) in [4.78, 5) is 12.5. The summed E-state index contributed by atoms with van der Waals surface area (Å²) in [7, 11) is 1.40. The molecule has 0 aliphatic heterocycles. The van der Waals surface area contributed by atoms with Crippen LogP contribution in [0.2, 0.25) is 0 Å². The summed E-state index contributed by atoms with van der Waals surface area (Å²) in [5, 5.41) is 18.4. The fourth-order valence-corrected chi connectivity index (χ4v) is 3.27. The van der Waals surface area contributed by atoms with Gasteiger partial charge in [-0.05, 0) is 19.1 Å². The van der Waals surface area contributed by atoms with Crippen molar-refractivity contribution in [2.75, 3.05) is 11.9 Å². The monoisotopic (exact) mass is 405 g/mol. The third-order valence-electron chi connectivity index (χ3n) is 4.71. The van der Waals surface area contributed by atoms with Crippen molar-refractivity contribution in [3.8, 4) is 0 Å². The van der Waals surface area contributed by atoms with Crippen molar-refractivity contribution in [3.05, 3.63) is 48.3 Å². The molecule has 0 saturated carbocycles. The average Bonchev–Trinajstić information content (AvgIpc) is 3.26. The number of alkyl halides is 3. The largest absolute Gasteiger partial charge is 0.424 e. The van der Waals surface area contributed by atoms with Gasteiger partial charge < -0.3 is 15.0 Å². The number of fused-ring (bicyclic) bond motifs is 3. The molecule has 0 radical (unpaired) electrons. The Kier molecular flexibility index (Phi) is 4.41. The molecule has 0 fully saturated rings.